The van der Waals surface area contributed by atoms with Crippen molar-refractivity contribution in [3.8, 4) is 0 Å². The maximum atomic E-state index is 12.8. The molecule has 0 bridgehead atoms. The molecule has 1 N–H and O–H groups in total. The summed E-state index contributed by atoms with van der Waals surface area (Å²) in [5.41, 5.74) is 1.86. The third-order valence-electron chi connectivity index (χ3n) is 5.08. The average Bonchev–Trinajstić information content (AvgIpc) is 3.40. The van der Waals surface area contributed by atoms with E-state index in [9.17, 15) is 9.59 Å². The van der Waals surface area contributed by atoms with E-state index in [0.717, 1.165) is 4.88 Å². The van der Waals surface area contributed by atoms with Gasteiger partial charge in [-0.3, -0.25) is 14.5 Å². The highest BCUT2D eigenvalue weighted by molar-refractivity contribution is 7.12. The molecule has 2 amide bonds. The number of hydrogen-bond acceptors (Lipinski definition) is 4. The van der Waals surface area contributed by atoms with Gasteiger partial charge in [0.2, 0.25) is 5.91 Å². The molecule has 27 heavy (non-hydrogen) atoms. The molecule has 1 aromatic carbocycles. The van der Waals surface area contributed by atoms with Crippen molar-refractivity contribution in [2.75, 3.05) is 38.0 Å². The maximum absolute atomic E-state index is 12.8. The first kappa shape index (κ1) is 18.5. The molecule has 0 spiro atoms. The van der Waals surface area contributed by atoms with E-state index in [4.69, 9.17) is 11.6 Å². The van der Waals surface area contributed by atoms with E-state index in [2.05, 4.69) is 16.3 Å². The fourth-order valence-corrected chi connectivity index (χ4v) is 4.55. The van der Waals surface area contributed by atoms with Gasteiger partial charge in [-0.15, -0.1) is 11.3 Å². The van der Waals surface area contributed by atoms with Gasteiger partial charge in [0.25, 0.3) is 5.91 Å². The average molecular weight is 404 g/mol. The molecular formula is C20H22ClN3O2S. The second-order valence-electron chi connectivity index (χ2n) is 7.08. The number of amides is 2. The predicted octanol–water partition coefficient (Wildman–Crippen LogP) is 3.68. The molecule has 2 heterocycles. The Labute approximate surface area is 167 Å². The summed E-state index contributed by atoms with van der Waals surface area (Å²) in [6.07, 6.45) is 2.40. The lowest BCUT2D eigenvalue weighted by atomic mass is 10.1. The lowest BCUT2D eigenvalue weighted by Crippen LogP contribution is -2.50. The molecule has 1 aromatic heterocycles. The number of nitrogens with one attached hydrogen (secondary N) is 1. The number of benzene rings is 1. The molecule has 1 aliphatic carbocycles. The van der Waals surface area contributed by atoms with Gasteiger partial charge in [0.15, 0.2) is 0 Å². The van der Waals surface area contributed by atoms with Crippen LogP contribution in [0.1, 0.15) is 34.0 Å². The Hall–Kier alpha value is -1.89. The van der Waals surface area contributed by atoms with E-state index in [-0.39, 0.29) is 11.8 Å². The van der Waals surface area contributed by atoms with Gasteiger partial charge in [0.05, 0.1) is 22.1 Å². The number of para-hydroxylation sites is 1. The van der Waals surface area contributed by atoms with Crippen molar-refractivity contribution in [3.05, 3.63) is 51.2 Å². The summed E-state index contributed by atoms with van der Waals surface area (Å²) in [7, 11) is 0. The van der Waals surface area contributed by atoms with Crippen LogP contribution in [0.2, 0.25) is 5.02 Å². The Morgan fingerprint density at radius 3 is 2.56 bits per heavy atom. The summed E-state index contributed by atoms with van der Waals surface area (Å²) in [5.74, 6) is 0.647. The van der Waals surface area contributed by atoms with Crippen molar-refractivity contribution in [1.82, 2.24) is 9.80 Å². The van der Waals surface area contributed by atoms with Crippen LogP contribution < -0.4 is 5.32 Å². The van der Waals surface area contributed by atoms with E-state index in [1.165, 1.54) is 18.4 Å². The topological polar surface area (TPSA) is 52.7 Å². The van der Waals surface area contributed by atoms with Crippen LogP contribution in [-0.2, 0) is 4.79 Å². The molecule has 2 aliphatic rings. The number of nitrogens with zero attached hydrogens (tertiary/aromatic N) is 2. The van der Waals surface area contributed by atoms with E-state index in [0.29, 0.717) is 49.4 Å². The van der Waals surface area contributed by atoms with Crippen molar-refractivity contribution >= 4 is 40.4 Å². The molecule has 7 heteroatoms. The van der Waals surface area contributed by atoms with Crippen LogP contribution >= 0.6 is 22.9 Å². The molecule has 1 saturated heterocycles. The van der Waals surface area contributed by atoms with Gasteiger partial charge in [-0.05, 0) is 47.9 Å². The molecular weight excluding hydrogens is 382 g/mol. The van der Waals surface area contributed by atoms with Gasteiger partial charge in [-0.2, -0.15) is 0 Å². The number of carbonyl (C=O) groups excluding carboxylic acids is 2. The predicted molar refractivity (Wildman–Crippen MR) is 109 cm³/mol. The molecule has 1 aliphatic heterocycles. The van der Waals surface area contributed by atoms with Gasteiger partial charge in [0, 0.05) is 26.2 Å². The number of thiophene rings is 1. The summed E-state index contributed by atoms with van der Waals surface area (Å²) < 4.78 is 0. The molecule has 4 rings (SSSR count). The number of halogens is 1. The largest absolute Gasteiger partial charge is 0.335 e. The van der Waals surface area contributed by atoms with E-state index in [1.807, 2.05) is 22.4 Å². The normalized spacial score (nSPS) is 17.7. The first-order valence-electron chi connectivity index (χ1n) is 9.25. The van der Waals surface area contributed by atoms with E-state index < -0.39 is 0 Å². The summed E-state index contributed by atoms with van der Waals surface area (Å²) in [6, 6.07) is 9.31. The minimum absolute atomic E-state index is 0.0860. The zero-order chi connectivity index (χ0) is 18.8. The number of hydrogen-bond donors (Lipinski definition) is 1. The second-order valence-corrected chi connectivity index (χ2v) is 8.40. The summed E-state index contributed by atoms with van der Waals surface area (Å²) in [4.78, 5) is 30.0. The molecule has 2 aromatic rings. The quantitative estimate of drug-likeness (QED) is 0.828. The van der Waals surface area contributed by atoms with E-state index >= 15 is 0 Å². The van der Waals surface area contributed by atoms with Crippen molar-refractivity contribution in [1.29, 1.82) is 0 Å². The highest BCUT2D eigenvalue weighted by Crippen LogP contribution is 2.43. The number of piperazine rings is 1. The smallest absolute Gasteiger partial charge is 0.264 e. The minimum atomic E-state index is -0.0860. The van der Waals surface area contributed by atoms with E-state index in [1.54, 1.807) is 23.5 Å². The van der Waals surface area contributed by atoms with Crippen LogP contribution in [0.25, 0.3) is 0 Å². The Morgan fingerprint density at radius 2 is 1.85 bits per heavy atom. The summed E-state index contributed by atoms with van der Waals surface area (Å²) >= 11 is 7.63. The molecule has 5 nitrogen and oxygen atoms in total. The van der Waals surface area contributed by atoms with Gasteiger partial charge < -0.3 is 10.2 Å². The molecule has 0 radical (unpaired) electrons. The van der Waals surface area contributed by atoms with Gasteiger partial charge in [0.1, 0.15) is 0 Å². The Bertz CT molecular complexity index is 841. The minimum Gasteiger partial charge on any atom is -0.335 e. The first-order chi connectivity index (χ1) is 13.1. The van der Waals surface area contributed by atoms with Gasteiger partial charge in [-0.25, -0.2) is 0 Å². The molecule has 1 saturated carbocycles. The SMILES string of the molecule is O=C(CN1CCN(C(=O)c2sccc2C2CC2)CC1)Nc1ccccc1Cl. The fourth-order valence-electron chi connectivity index (χ4n) is 3.42. The van der Waals surface area contributed by atoms with Crippen molar-refractivity contribution in [2.45, 2.75) is 18.8 Å². The second kappa shape index (κ2) is 8.00. The van der Waals surface area contributed by atoms with Crippen LogP contribution in [0, 0.1) is 0 Å². The maximum Gasteiger partial charge on any atom is 0.264 e. The zero-order valence-electron chi connectivity index (χ0n) is 15.0. The first-order valence-corrected chi connectivity index (χ1v) is 10.5. The highest BCUT2D eigenvalue weighted by atomic mass is 35.5. The monoisotopic (exact) mass is 403 g/mol. The number of rotatable bonds is 5. The molecule has 142 valence electrons. The van der Waals surface area contributed by atoms with Crippen molar-refractivity contribution in [2.24, 2.45) is 0 Å². The Kier molecular flexibility index (Phi) is 5.48. The van der Waals surface area contributed by atoms with Crippen LogP contribution in [0.3, 0.4) is 0 Å². The van der Waals surface area contributed by atoms with Gasteiger partial charge in [-0.1, -0.05) is 23.7 Å². The summed E-state index contributed by atoms with van der Waals surface area (Å²) in [6.45, 7) is 3.01. The third-order valence-corrected chi connectivity index (χ3v) is 6.33. The number of anilines is 1. The standard InChI is InChI=1S/C20H22ClN3O2S/c21-16-3-1-2-4-17(16)22-18(25)13-23-8-10-24(11-9-23)20(26)19-15(7-12-27-19)14-5-6-14/h1-4,7,12,14H,5-6,8-11,13H2,(H,22,25). The van der Waals surface area contributed by atoms with Crippen molar-refractivity contribution < 1.29 is 9.59 Å². The molecule has 2 fully saturated rings. The van der Waals surface area contributed by atoms with Crippen LogP contribution in [0.4, 0.5) is 5.69 Å². The lowest BCUT2D eigenvalue weighted by molar-refractivity contribution is -0.117. The van der Waals surface area contributed by atoms with Crippen LogP contribution in [-0.4, -0.2) is 54.3 Å². The summed E-state index contributed by atoms with van der Waals surface area (Å²) in [5, 5.41) is 5.40. The van der Waals surface area contributed by atoms with Crippen LogP contribution in [0.15, 0.2) is 35.7 Å². The van der Waals surface area contributed by atoms with Crippen molar-refractivity contribution in [3.63, 3.8) is 0 Å². The van der Waals surface area contributed by atoms with Crippen LogP contribution in [0.5, 0.6) is 0 Å². The third kappa shape index (κ3) is 4.34. The van der Waals surface area contributed by atoms with Gasteiger partial charge >= 0.3 is 0 Å². The Morgan fingerprint density at radius 1 is 1.11 bits per heavy atom. The lowest BCUT2D eigenvalue weighted by Gasteiger charge is -2.34. The Balaban J connectivity index is 1.28. The molecule has 0 unspecified atom stereocenters. The highest BCUT2D eigenvalue weighted by Gasteiger charge is 2.31. The molecule has 0 atom stereocenters. The fraction of sp³-hybridized carbons (Fsp3) is 0.400. The zero-order valence-corrected chi connectivity index (χ0v) is 16.6. The number of carbonyl (C=O) groups is 2.